The maximum atomic E-state index is 12.0. The number of hydrogen-bond acceptors (Lipinski definition) is 3. The topological polar surface area (TPSA) is 63.6 Å². The van der Waals surface area contributed by atoms with Crippen LogP contribution < -0.4 is 0 Å². The second-order valence-electron chi connectivity index (χ2n) is 6.66. The van der Waals surface area contributed by atoms with E-state index < -0.39 is 23.5 Å². The molecule has 4 nitrogen and oxygen atoms in total. The van der Waals surface area contributed by atoms with Crippen molar-refractivity contribution in [1.82, 2.24) is 0 Å². The van der Waals surface area contributed by atoms with Crippen molar-refractivity contribution in [2.24, 2.45) is 5.92 Å². The van der Waals surface area contributed by atoms with E-state index in [9.17, 15) is 14.7 Å². The van der Waals surface area contributed by atoms with Crippen LogP contribution in [0.1, 0.15) is 57.6 Å². The molecule has 0 bridgehead atoms. The van der Waals surface area contributed by atoms with Gasteiger partial charge in [-0.05, 0) is 45.6 Å². The highest BCUT2D eigenvalue weighted by Gasteiger charge is 2.32. The summed E-state index contributed by atoms with van der Waals surface area (Å²) < 4.78 is 5.27. The molecule has 1 aromatic rings. The molecule has 1 N–H and O–H groups in total. The van der Waals surface area contributed by atoms with Crippen molar-refractivity contribution >= 4 is 11.9 Å². The van der Waals surface area contributed by atoms with E-state index in [0.717, 1.165) is 11.1 Å². The quantitative estimate of drug-likeness (QED) is 0.809. The molecule has 1 aromatic carbocycles. The number of aliphatic carboxylic acids is 1. The van der Waals surface area contributed by atoms with E-state index in [1.54, 1.807) is 20.8 Å². The van der Waals surface area contributed by atoms with Crippen LogP contribution in [-0.4, -0.2) is 22.6 Å². The summed E-state index contributed by atoms with van der Waals surface area (Å²) in [5.41, 5.74) is 1.47. The van der Waals surface area contributed by atoms with Crippen LogP contribution in [0.15, 0.2) is 24.3 Å². The molecule has 0 amide bonds. The van der Waals surface area contributed by atoms with Crippen molar-refractivity contribution in [2.45, 2.75) is 59.0 Å². The molecule has 1 rings (SSSR count). The number of esters is 1. The van der Waals surface area contributed by atoms with Gasteiger partial charge < -0.3 is 9.84 Å². The molecule has 0 aromatic heterocycles. The number of hydrogen-bond donors (Lipinski definition) is 1. The van der Waals surface area contributed by atoms with Gasteiger partial charge in [0, 0.05) is 0 Å². The molecule has 0 spiro atoms. The van der Waals surface area contributed by atoms with Gasteiger partial charge >= 0.3 is 11.9 Å². The summed E-state index contributed by atoms with van der Waals surface area (Å²) in [5, 5.41) is 9.53. The van der Waals surface area contributed by atoms with Crippen molar-refractivity contribution in [3.63, 3.8) is 0 Å². The molecule has 2 unspecified atom stereocenters. The average molecular weight is 306 g/mol. The predicted octanol–water partition coefficient (Wildman–Crippen LogP) is 3.92. The summed E-state index contributed by atoms with van der Waals surface area (Å²) in [5.74, 6) is -2.41. The number of benzene rings is 1. The molecule has 0 radical (unpaired) electrons. The van der Waals surface area contributed by atoms with E-state index in [4.69, 9.17) is 4.74 Å². The highest BCUT2D eigenvalue weighted by Crippen LogP contribution is 2.31. The molecule has 0 aliphatic carbocycles. The Hall–Kier alpha value is -1.84. The van der Waals surface area contributed by atoms with Crippen LogP contribution in [0.3, 0.4) is 0 Å². The van der Waals surface area contributed by atoms with E-state index in [-0.39, 0.29) is 12.3 Å². The Kier molecular flexibility index (Phi) is 6.15. The Bertz CT molecular complexity index is 511. The van der Waals surface area contributed by atoms with Crippen LogP contribution in [0.5, 0.6) is 0 Å². The normalized spacial score (nSPS) is 14.2. The smallest absolute Gasteiger partial charge is 0.307 e. The molecule has 0 saturated carbocycles. The number of carbonyl (C=O) groups excluding carboxylic acids is 1. The summed E-state index contributed by atoms with van der Waals surface area (Å²) in [6.07, 6.45) is 0.543. The first-order chi connectivity index (χ1) is 10.1. The molecule has 0 fully saturated rings. The van der Waals surface area contributed by atoms with Gasteiger partial charge in [-0.15, -0.1) is 0 Å². The summed E-state index contributed by atoms with van der Waals surface area (Å²) in [6.45, 7) is 9.25. The van der Waals surface area contributed by atoms with Crippen molar-refractivity contribution in [3.8, 4) is 0 Å². The van der Waals surface area contributed by atoms with Crippen LogP contribution in [0.2, 0.25) is 0 Å². The molecular formula is C18H26O4. The van der Waals surface area contributed by atoms with Gasteiger partial charge in [0.15, 0.2) is 0 Å². The zero-order valence-electron chi connectivity index (χ0n) is 14.1. The van der Waals surface area contributed by atoms with Gasteiger partial charge in [0.1, 0.15) is 5.60 Å². The fourth-order valence-electron chi connectivity index (χ4n) is 2.53. The van der Waals surface area contributed by atoms with E-state index in [1.807, 2.05) is 38.1 Å². The largest absolute Gasteiger partial charge is 0.481 e. The van der Waals surface area contributed by atoms with Crippen molar-refractivity contribution in [2.75, 3.05) is 0 Å². The summed E-state index contributed by atoms with van der Waals surface area (Å²) in [4.78, 5) is 23.6. The third-order valence-electron chi connectivity index (χ3n) is 3.55. The van der Waals surface area contributed by atoms with Crippen molar-refractivity contribution in [3.05, 3.63) is 35.4 Å². The summed E-state index contributed by atoms with van der Waals surface area (Å²) in [6, 6.07) is 7.80. The number of carboxylic acid groups (broad SMARTS) is 1. The minimum absolute atomic E-state index is 0.112. The number of ether oxygens (including phenoxy) is 1. The average Bonchev–Trinajstić information content (AvgIpc) is 2.38. The Morgan fingerprint density at radius 1 is 1.18 bits per heavy atom. The van der Waals surface area contributed by atoms with Crippen molar-refractivity contribution in [1.29, 1.82) is 0 Å². The Balaban J connectivity index is 2.94. The molecule has 22 heavy (non-hydrogen) atoms. The van der Waals surface area contributed by atoms with Gasteiger partial charge in [-0.25, -0.2) is 0 Å². The minimum atomic E-state index is -0.960. The summed E-state index contributed by atoms with van der Waals surface area (Å²) >= 11 is 0. The first kappa shape index (κ1) is 18.2. The monoisotopic (exact) mass is 306 g/mol. The lowest BCUT2D eigenvalue weighted by atomic mass is 9.82. The van der Waals surface area contributed by atoms with E-state index in [1.165, 1.54) is 0 Å². The molecule has 0 aliphatic rings. The molecule has 122 valence electrons. The molecule has 4 heteroatoms. The lowest BCUT2D eigenvalue weighted by Crippen LogP contribution is -2.30. The maximum absolute atomic E-state index is 12.0. The Morgan fingerprint density at radius 2 is 1.73 bits per heavy atom. The van der Waals surface area contributed by atoms with Gasteiger partial charge in [-0.1, -0.05) is 36.8 Å². The van der Waals surface area contributed by atoms with Gasteiger partial charge in [-0.2, -0.15) is 0 Å². The first-order valence-electron chi connectivity index (χ1n) is 7.65. The predicted molar refractivity (Wildman–Crippen MR) is 85.8 cm³/mol. The summed E-state index contributed by atoms with van der Waals surface area (Å²) in [7, 11) is 0. The number of carboxylic acids is 1. The van der Waals surface area contributed by atoms with Crippen LogP contribution in [0.4, 0.5) is 0 Å². The van der Waals surface area contributed by atoms with E-state index in [0.29, 0.717) is 6.42 Å². The second kappa shape index (κ2) is 7.43. The van der Waals surface area contributed by atoms with Crippen LogP contribution >= 0.6 is 0 Å². The van der Waals surface area contributed by atoms with Gasteiger partial charge in [0.05, 0.1) is 12.3 Å². The Morgan fingerprint density at radius 3 is 2.14 bits per heavy atom. The Labute approximate surface area is 132 Å². The SMILES string of the molecule is CCC(c1ccc(C)cc1)C(CC(=O)OC(C)(C)C)C(=O)O. The van der Waals surface area contributed by atoms with Crippen LogP contribution in [0, 0.1) is 12.8 Å². The van der Waals surface area contributed by atoms with Crippen LogP contribution in [0.25, 0.3) is 0 Å². The minimum Gasteiger partial charge on any atom is -0.481 e. The first-order valence-corrected chi connectivity index (χ1v) is 7.65. The molecular weight excluding hydrogens is 280 g/mol. The van der Waals surface area contributed by atoms with Crippen LogP contribution in [-0.2, 0) is 14.3 Å². The fraction of sp³-hybridized carbons (Fsp3) is 0.556. The highest BCUT2D eigenvalue weighted by atomic mass is 16.6. The standard InChI is InChI=1S/C18H26O4/c1-6-14(13-9-7-12(2)8-10-13)15(17(20)21)11-16(19)22-18(3,4)5/h7-10,14-15H,6,11H2,1-5H3,(H,20,21). The fourth-order valence-corrected chi connectivity index (χ4v) is 2.53. The molecule has 0 heterocycles. The number of rotatable bonds is 6. The molecule has 2 atom stereocenters. The molecule has 0 saturated heterocycles. The van der Waals surface area contributed by atoms with E-state index in [2.05, 4.69) is 0 Å². The maximum Gasteiger partial charge on any atom is 0.307 e. The lowest BCUT2D eigenvalue weighted by molar-refractivity contribution is -0.160. The van der Waals surface area contributed by atoms with Gasteiger partial charge in [0.2, 0.25) is 0 Å². The zero-order valence-corrected chi connectivity index (χ0v) is 14.1. The lowest BCUT2D eigenvalue weighted by Gasteiger charge is -2.25. The number of aryl methyl sites for hydroxylation is 1. The van der Waals surface area contributed by atoms with E-state index >= 15 is 0 Å². The highest BCUT2D eigenvalue weighted by molar-refractivity contribution is 5.80. The van der Waals surface area contributed by atoms with Gasteiger partial charge in [-0.3, -0.25) is 9.59 Å². The molecule has 0 aliphatic heterocycles. The zero-order chi connectivity index (χ0) is 16.9. The third kappa shape index (κ3) is 5.51. The third-order valence-corrected chi connectivity index (χ3v) is 3.55. The number of carbonyl (C=O) groups is 2. The van der Waals surface area contributed by atoms with Crippen molar-refractivity contribution < 1.29 is 19.4 Å². The van der Waals surface area contributed by atoms with Gasteiger partial charge in [0.25, 0.3) is 0 Å². The second-order valence-corrected chi connectivity index (χ2v) is 6.66.